The number of imidazole rings is 1. The Morgan fingerprint density at radius 1 is 1.06 bits per heavy atom. The summed E-state index contributed by atoms with van der Waals surface area (Å²) in [5.41, 5.74) is 5.62. The quantitative estimate of drug-likeness (QED) is 0.456. The van der Waals surface area contributed by atoms with Crippen LogP contribution in [0.2, 0.25) is 0 Å². The lowest BCUT2D eigenvalue weighted by atomic mass is 10.0. The number of nitrogens with one attached hydrogen (secondary N) is 1. The lowest BCUT2D eigenvalue weighted by Gasteiger charge is -2.21. The standard InChI is InChI=1S/C25H31N7O/c1-6-7-12-22-17(2)32(25(3,4)5)24(33)31(22)16-19-14-13-18(15-26-19)20-10-8-9-11-21(20)23-27-29-30-28-23/h8-11,13-15H,6-7,12,16H2,1-5H3,(H,27,28,29,30). The van der Waals surface area contributed by atoms with E-state index >= 15 is 0 Å². The van der Waals surface area contributed by atoms with Gasteiger partial charge in [-0.2, -0.15) is 0 Å². The van der Waals surface area contributed by atoms with E-state index in [9.17, 15) is 4.79 Å². The van der Waals surface area contributed by atoms with Crippen molar-refractivity contribution in [3.05, 3.63) is 70.2 Å². The minimum Gasteiger partial charge on any atom is -0.291 e. The van der Waals surface area contributed by atoms with Gasteiger partial charge in [0.15, 0.2) is 5.82 Å². The molecule has 3 heterocycles. The van der Waals surface area contributed by atoms with E-state index < -0.39 is 0 Å². The van der Waals surface area contributed by atoms with Gasteiger partial charge in [-0.05, 0) is 62.6 Å². The van der Waals surface area contributed by atoms with Crippen LogP contribution in [0.3, 0.4) is 0 Å². The third-order valence-corrected chi connectivity index (χ3v) is 5.92. The normalized spacial score (nSPS) is 11.8. The van der Waals surface area contributed by atoms with Crippen molar-refractivity contribution in [3.8, 4) is 22.5 Å². The topological polar surface area (TPSA) is 94.3 Å². The van der Waals surface area contributed by atoms with Crippen LogP contribution >= 0.6 is 0 Å². The number of hydrogen-bond donors (Lipinski definition) is 1. The Hall–Kier alpha value is -3.55. The molecule has 0 aliphatic carbocycles. The SMILES string of the molecule is CCCCc1c(C)n(C(C)(C)C)c(=O)n1Cc1ccc(-c2ccccc2-c2nnn[nH]2)cn1. The van der Waals surface area contributed by atoms with Crippen LogP contribution in [-0.2, 0) is 18.5 Å². The zero-order chi connectivity index (χ0) is 23.6. The fourth-order valence-electron chi connectivity index (χ4n) is 4.37. The highest BCUT2D eigenvalue weighted by Gasteiger charge is 2.24. The second-order valence-corrected chi connectivity index (χ2v) is 9.34. The summed E-state index contributed by atoms with van der Waals surface area (Å²) in [5.74, 6) is 0.612. The number of rotatable bonds is 7. The van der Waals surface area contributed by atoms with Crippen molar-refractivity contribution in [2.75, 3.05) is 0 Å². The number of benzene rings is 1. The molecule has 0 amide bonds. The van der Waals surface area contributed by atoms with Gasteiger partial charge in [-0.15, -0.1) is 5.10 Å². The Kier molecular flexibility index (Phi) is 6.26. The van der Waals surface area contributed by atoms with Crippen LogP contribution < -0.4 is 5.69 Å². The molecule has 0 fully saturated rings. The Bertz CT molecular complexity index is 1280. The minimum atomic E-state index is -0.274. The van der Waals surface area contributed by atoms with Gasteiger partial charge in [0, 0.05) is 34.3 Å². The summed E-state index contributed by atoms with van der Waals surface area (Å²) < 4.78 is 3.81. The molecule has 0 saturated carbocycles. The third kappa shape index (κ3) is 4.51. The maximum absolute atomic E-state index is 13.4. The lowest BCUT2D eigenvalue weighted by molar-refractivity contribution is 0.373. The van der Waals surface area contributed by atoms with E-state index in [1.807, 2.05) is 51.7 Å². The monoisotopic (exact) mass is 445 g/mol. The summed E-state index contributed by atoms with van der Waals surface area (Å²) in [6, 6.07) is 12.0. The number of aromatic nitrogens is 7. The number of unbranched alkanes of at least 4 members (excludes halogenated alkanes) is 1. The molecule has 0 aliphatic heterocycles. The summed E-state index contributed by atoms with van der Waals surface area (Å²) in [5, 5.41) is 14.2. The highest BCUT2D eigenvalue weighted by molar-refractivity contribution is 5.79. The van der Waals surface area contributed by atoms with Crippen LogP contribution in [0.4, 0.5) is 0 Å². The van der Waals surface area contributed by atoms with E-state index in [1.165, 1.54) is 0 Å². The fraction of sp³-hybridized carbons (Fsp3) is 0.400. The Labute approximate surface area is 193 Å². The first-order valence-corrected chi connectivity index (χ1v) is 11.4. The van der Waals surface area contributed by atoms with Crippen LogP contribution in [0.25, 0.3) is 22.5 Å². The molecule has 0 unspecified atom stereocenters. The van der Waals surface area contributed by atoms with Gasteiger partial charge in [-0.3, -0.25) is 14.1 Å². The van der Waals surface area contributed by atoms with Gasteiger partial charge in [0.2, 0.25) is 0 Å². The molecule has 0 aliphatic rings. The lowest BCUT2D eigenvalue weighted by Crippen LogP contribution is -2.35. The molecule has 8 heteroatoms. The van der Waals surface area contributed by atoms with Gasteiger partial charge >= 0.3 is 5.69 Å². The molecule has 3 aromatic heterocycles. The highest BCUT2D eigenvalue weighted by atomic mass is 16.2. The summed E-state index contributed by atoms with van der Waals surface area (Å²) in [6.07, 6.45) is 4.87. The van der Waals surface area contributed by atoms with Crippen molar-refractivity contribution in [2.45, 2.75) is 66.0 Å². The molecular weight excluding hydrogens is 414 g/mol. The number of hydrogen-bond acceptors (Lipinski definition) is 5. The van der Waals surface area contributed by atoms with E-state index in [2.05, 4.69) is 55.2 Å². The zero-order valence-corrected chi connectivity index (χ0v) is 20.0. The van der Waals surface area contributed by atoms with Crippen LogP contribution in [-0.4, -0.2) is 34.7 Å². The number of tetrazole rings is 1. The number of H-pyrrole nitrogens is 1. The van der Waals surface area contributed by atoms with E-state index in [0.29, 0.717) is 12.4 Å². The number of nitrogens with zero attached hydrogens (tertiary/aromatic N) is 6. The molecule has 1 aromatic carbocycles. The zero-order valence-electron chi connectivity index (χ0n) is 20.0. The summed E-state index contributed by atoms with van der Waals surface area (Å²) in [4.78, 5) is 18.1. The molecule has 0 atom stereocenters. The van der Waals surface area contributed by atoms with Crippen molar-refractivity contribution in [1.29, 1.82) is 0 Å². The molecule has 33 heavy (non-hydrogen) atoms. The van der Waals surface area contributed by atoms with Gasteiger partial charge in [-0.1, -0.05) is 43.7 Å². The molecule has 0 bridgehead atoms. The van der Waals surface area contributed by atoms with Crippen molar-refractivity contribution >= 4 is 0 Å². The van der Waals surface area contributed by atoms with Crippen LogP contribution in [0.15, 0.2) is 47.4 Å². The molecule has 0 saturated heterocycles. The number of pyridine rings is 1. The maximum atomic E-state index is 13.4. The van der Waals surface area contributed by atoms with Gasteiger partial charge in [0.1, 0.15) is 0 Å². The van der Waals surface area contributed by atoms with E-state index in [1.54, 1.807) is 0 Å². The maximum Gasteiger partial charge on any atom is 0.329 e. The fourth-order valence-corrected chi connectivity index (χ4v) is 4.37. The van der Waals surface area contributed by atoms with Crippen molar-refractivity contribution in [3.63, 3.8) is 0 Å². The van der Waals surface area contributed by atoms with Gasteiger partial charge in [-0.25, -0.2) is 9.89 Å². The average Bonchev–Trinajstić information content (AvgIpc) is 3.40. The van der Waals surface area contributed by atoms with Gasteiger partial charge < -0.3 is 0 Å². The molecule has 4 rings (SSSR count). The summed E-state index contributed by atoms with van der Waals surface area (Å²) in [6.45, 7) is 10.9. The molecule has 0 spiro atoms. The average molecular weight is 446 g/mol. The number of aromatic amines is 1. The van der Waals surface area contributed by atoms with Gasteiger partial charge in [0.05, 0.1) is 12.2 Å². The van der Waals surface area contributed by atoms with Gasteiger partial charge in [0.25, 0.3) is 0 Å². The largest absolute Gasteiger partial charge is 0.329 e. The third-order valence-electron chi connectivity index (χ3n) is 5.92. The molecule has 8 nitrogen and oxygen atoms in total. The van der Waals surface area contributed by atoms with E-state index in [0.717, 1.165) is 53.0 Å². The molecule has 172 valence electrons. The molecule has 1 N–H and O–H groups in total. The van der Waals surface area contributed by atoms with Crippen LogP contribution in [0.1, 0.15) is 57.6 Å². The van der Waals surface area contributed by atoms with Crippen molar-refractivity contribution in [2.24, 2.45) is 0 Å². The molecule has 0 radical (unpaired) electrons. The van der Waals surface area contributed by atoms with Crippen molar-refractivity contribution in [1.82, 2.24) is 34.7 Å². The first kappa shape index (κ1) is 22.6. The molecule has 4 aromatic rings. The smallest absolute Gasteiger partial charge is 0.291 e. The first-order valence-electron chi connectivity index (χ1n) is 11.4. The van der Waals surface area contributed by atoms with Crippen LogP contribution in [0.5, 0.6) is 0 Å². The predicted molar refractivity (Wildman–Crippen MR) is 129 cm³/mol. The summed E-state index contributed by atoms with van der Waals surface area (Å²) in [7, 11) is 0. The Balaban J connectivity index is 1.68. The Morgan fingerprint density at radius 3 is 2.42 bits per heavy atom. The first-order chi connectivity index (χ1) is 15.8. The van der Waals surface area contributed by atoms with E-state index in [4.69, 9.17) is 4.98 Å². The van der Waals surface area contributed by atoms with Crippen molar-refractivity contribution < 1.29 is 0 Å². The highest BCUT2D eigenvalue weighted by Crippen LogP contribution is 2.29. The summed E-state index contributed by atoms with van der Waals surface area (Å²) >= 11 is 0. The second-order valence-electron chi connectivity index (χ2n) is 9.34. The molecular formula is C25H31N7O. The predicted octanol–water partition coefficient (Wildman–Crippen LogP) is 4.35. The second kappa shape index (κ2) is 9.13. The van der Waals surface area contributed by atoms with E-state index in [-0.39, 0.29) is 11.2 Å². The van der Waals surface area contributed by atoms with Crippen LogP contribution in [0, 0.1) is 6.92 Å². The minimum absolute atomic E-state index is 0.0279. The Morgan fingerprint density at radius 2 is 1.82 bits per heavy atom.